The molecule has 0 radical (unpaired) electrons. The molecule has 8 heteroatoms. The standard InChI is InChI=1S/C8H11N5O3/c1-2-5(6(14)15)11-8(16)12-7-9-3-4-10-13-7/h3-5H,2H2,1H3,(H,14,15)(H2,9,11,12,13,16). The first-order valence-electron chi connectivity index (χ1n) is 4.57. The molecule has 0 aliphatic heterocycles. The summed E-state index contributed by atoms with van der Waals surface area (Å²) in [5, 5.41) is 20.2. The fourth-order valence-electron chi connectivity index (χ4n) is 0.939. The zero-order valence-corrected chi connectivity index (χ0v) is 8.54. The number of aromatic nitrogens is 3. The van der Waals surface area contributed by atoms with Gasteiger partial charge in [0.25, 0.3) is 5.95 Å². The van der Waals surface area contributed by atoms with Gasteiger partial charge in [0.15, 0.2) is 0 Å². The van der Waals surface area contributed by atoms with Crippen LogP contribution in [-0.4, -0.2) is 38.3 Å². The number of anilines is 1. The van der Waals surface area contributed by atoms with Crippen molar-refractivity contribution in [2.24, 2.45) is 0 Å². The Balaban J connectivity index is 2.50. The summed E-state index contributed by atoms with van der Waals surface area (Å²) in [4.78, 5) is 25.6. The van der Waals surface area contributed by atoms with E-state index in [0.29, 0.717) is 0 Å². The maximum Gasteiger partial charge on any atom is 0.326 e. The van der Waals surface area contributed by atoms with Crippen LogP contribution in [0.4, 0.5) is 10.7 Å². The molecule has 2 amide bonds. The Morgan fingerprint density at radius 2 is 2.25 bits per heavy atom. The minimum Gasteiger partial charge on any atom is -0.480 e. The zero-order valence-electron chi connectivity index (χ0n) is 8.54. The van der Waals surface area contributed by atoms with Crippen molar-refractivity contribution in [1.82, 2.24) is 20.5 Å². The van der Waals surface area contributed by atoms with E-state index in [9.17, 15) is 9.59 Å². The first-order chi connectivity index (χ1) is 7.63. The van der Waals surface area contributed by atoms with Gasteiger partial charge in [-0.25, -0.2) is 14.6 Å². The molecular formula is C8H11N5O3. The summed E-state index contributed by atoms with van der Waals surface area (Å²) in [6.07, 6.45) is 3.00. The van der Waals surface area contributed by atoms with Crippen LogP contribution in [0.5, 0.6) is 0 Å². The van der Waals surface area contributed by atoms with Gasteiger partial charge in [0.1, 0.15) is 6.04 Å². The van der Waals surface area contributed by atoms with Crippen molar-refractivity contribution in [3.63, 3.8) is 0 Å². The number of carbonyl (C=O) groups excluding carboxylic acids is 1. The Labute approximate surface area is 91.1 Å². The van der Waals surface area contributed by atoms with Crippen molar-refractivity contribution in [1.29, 1.82) is 0 Å². The van der Waals surface area contributed by atoms with Crippen molar-refractivity contribution in [3.05, 3.63) is 12.4 Å². The molecule has 8 nitrogen and oxygen atoms in total. The smallest absolute Gasteiger partial charge is 0.326 e. The van der Waals surface area contributed by atoms with Crippen LogP contribution >= 0.6 is 0 Å². The molecule has 1 rings (SSSR count). The Morgan fingerprint density at radius 3 is 2.75 bits per heavy atom. The maximum atomic E-state index is 11.3. The molecule has 0 spiro atoms. The second kappa shape index (κ2) is 5.59. The third kappa shape index (κ3) is 3.48. The number of aliphatic carboxylic acids is 1. The molecule has 1 aromatic heterocycles. The number of urea groups is 1. The maximum absolute atomic E-state index is 11.3. The van der Waals surface area contributed by atoms with Crippen molar-refractivity contribution >= 4 is 17.9 Å². The average Bonchev–Trinajstić information content (AvgIpc) is 2.27. The van der Waals surface area contributed by atoms with Crippen LogP contribution in [0.15, 0.2) is 12.4 Å². The van der Waals surface area contributed by atoms with E-state index in [2.05, 4.69) is 25.8 Å². The lowest BCUT2D eigenvalue weighted by Gasteiger charge is -2.11. The zero-order chi connectivity index (χ0) is 12.0. The monoisotopic (exact) mass is 225 g/mol. The van der Waals surface area contributed by atoms with Gasteiger partial charge < -0.3 is 10.4 Å². The molecular weight excluding hydrogens is 214 g/mol. The van der Waals surface area contributed by atoms with Crippen LogP contribution in [0.1, 0.15) is 13.3 Å². The minimum absolute atomic E-state index is 0.0141. The van der Waals surface area contributed by atoms with E-state index in [0.717, 1.165) is 0 Å². The van der Waals surface area contributed by atoms with Crippen molar-refractivity contribution in [3.8, 4) is 0 Å². The van der Waals surface area contributed by atoms with Crippen LogP contribution in [0.25, 0.3) is 0 Å². The third-order valence-corrected chi connectivity index (χ3v) is 1.72. The molecule has 1 heterocycles. The Kier molecular flexibility index (Phi) is 4.13. The normalized spacial score (nSPS) is 11.6. The van der Waals surface area contributed by atoms with E-state index in [-0.39, 0.29) is 12.4 Å². The second-order valence-corrected chi connectivity index (χ2v) is 2.86. The lowest BCUT2D eigenvalue weighted by atomic mass is 10.2. The topological polar surface area (TPSA) is 117 Å². The predicted octanol–water partition coefficient (Wildman–Crippen LogP) is -0.144. The molecule has 0 fully saturated rings. The van der Waals surface area contributed by atoms with Crippen LogP contribution in [0, 0.1) is 0 Å². The van der Waals surface area contributed by atoms with Gasteiger partial charge in [-0.3, -0.25) is 5.32 Å². The molecule has 1 aromatic rings. The van der Waals surface area contributed by atoms with E-state index in [1.807, 2.05) is 0 Å². The molecule has 1 unspecified atom stereocenters. The lowest BCUT2D eigenvalue weighted by Crippen LogP contribution is -2.42. The van der Waals surface area contributed by atoms with Crippen molar-refractivity contribution in [2.75, 3.05) is 5.32 Å². The number of nitrogens with one attached hydrogen (secondary N) is 2. The highest BCUT2D eigenvalue weighted by atomic mass is 16.4. The summed E-state index contributed by atoms with van der Waals surface area (Å²) in [5.41, 5.74) is 0. The van der Waals surface area contributed by atoms with Crippen LogP contribution in [0.3, 0.4) is 0 Å². The molecule has 0 aromatic carbocycles. The number of nitrogens with zero attached hydrogens (tertiary/aromatic N) is 3. The highest BCUT2D eigenvalue weighted by Gasteiger charge is 2.17. The van der Waals surface area contributed by atoms with Gasteiger partial charge in [-0.15, -0.1) is 5.10 Å². The van der Waals surface area contributed by atoms with E-state index >= 15 is 0 Å². The largest absolute Gasteiger partial charge is 0.480 e. The van der Waals surface area contributed by atoms with E-state index < -0.39 is 18.0 Å². The highest BCUT2D eigenvalue weighted by Crippen LogP contribution is 1.94. The average molecular weight is 225 g/mol. The third-order valence-electron chi connectivity index (χ3n) is 1.72. The van der Waals surface area contributed by atoms with Crippen molar-refractivity contribution < 1.29 is 14.7 Å². The van der Waals surface area contributed by atoms with E-state index in [4.69, 9.17) is 5.11 Å². The fraction of sp³-hybridized carbons (Fsp3) is 0.375. The molecule has 0 saturated carbocycles. The predicted molar refractivity (Wildman–Crippen MR) is 53.7 cm³/mol. The molecule has 0 bridgehead atoms. The van der Waals surface area contributed by atoms with Gasteiger partial charge >= 0.3 is 12.0 Å². The number of carboxylic acids is 1. The first-order valence-corrected chi connectivity index (χ1v) is 4.57. The van der Waals surface area contributed by atoms with Crippen molar-refractivity contribution in [2.45, 2.75) is 19.4 Å². The number of carbonyl (C=O) groups is 2. The van der Waals surface area contributed by atoms with Gasteiger partial charge in [-0.1, -0.05) is 6.92 Å². The van der Waals surface area contributed by atoms with Crippen LogP contribution in [0.2, 0.25) is 0 Å². The van der Waals surface area contributed by atoms with Gasteiger partial charge in [0, 0.05) is 0 Å². The molecule has 16 heavy (non-hydrogen) atoms. The summed E-state index contributed by atoms with van der Waals surface area (Å²) < 4.78 is 0. The Bertz CT molecular complexity index is 369. The summed E-state index contributed by atoms with van der Waals surface area (Å²) in [6.45, 7) is 1.65. The van der Waals surface area contributed by atoms with Gasteiger partial charge in [0.2, 0.25) is 0 Å². The fourth-order valence-corrected chi connectivity index (χ4v) is 0.939. The molecule has 86 valence electrons. The highest BCUT2D eigenvalue weighted by molar-refractivity contribution is 5.90. The Morgan fingerprint density at radius 1 is 1.50 bits per heavy atom. The van der Waals surface area contributed by atoms with E-state index in [1.165, 1.54) is 12.4 Å². The summed E-state index contributed by atoms with van der Waals surface area (Å²) in [6, 6.07) is -1.61. The van der Waals surface area contributed by atoms with Gasteiger partial charge in [-0.05, 0) is 6.42 Å². The minimum atomic E-state index is -1.09. The molecule has 0 saturated heterocycles. The summed E-state index contributed by atoms with van der Waals surface area (Å²) in [5.74, 6) is -1.08. The summed E-state index contributed by atoms with van der Waals surface area (Å²) >= 11 is 0. The first kappa shape index (κ1) is 11.8. The van der Waals surface area contributed by atoms with E-state index in [1.54, 1.807) is 6.92 Å². The van der Waals surface area contributed by atoms with Crippen LogP contribution in [-0.2, 0) is 4.79 Å². The molecule has 3 N–H and O–H groups in total. The van der Waals surface area contributed by atoms with Gasteiger partial charge in [-0.2, -0.15) is 5.10 Å². The SMILES string of the molecule is CCC(NC(=O)Nc1nccnn1)C(=O)O. The summed E-state index contributed by atoms with van der Waals surface area (Å²) in [7, 11) is 0. The quantitative estimate of drug-likeness (QED) is 0.656. The number of amides is 2. The van der Waals surface area contributed by atoms with Gasteiger partial charge in [0.05, 0.1) is 12.4 Å². The number of carboxylic acid groups (broad SMARTS) is 1. The molecule has 0 aliphatic rings. The van der Waals surface area contributed by atoms with Crippen LogP contribution < -0.4 is 10.6 Å². The number of rotatable bonds is 4. The molecule has 0 aliphatic carbocycles. The number of hydrogen-bond donors (Lipinski definition) is 3. The number of hydrogen-bond acceptors (Lipinski definition) is 5. The molecule has 1 atom stereocenters. The second-order valence-electron chi connectivity index (χ2n) is 2.86. The Hall–Kier alpha value is -2.25. The lowest BCUT2D eigenvalue weighted by molar-refractivity contribution is -0.139.